The summed E-state index contributed by atoms with van der Waals surface area (Å²) in [5, 5.41) is 0. The van der Waals surface area contributed by atoms with Crippen LogP contribution >= 0.6 is 0 Å². The normalized spacial score (nSPS) is 14.7. The van der Waals surface area contributed by atoms with Gasteiger partial charge in [0.15, 0.2) is 5.76 Å². The molecular formula is C32H33FN2O5. The van der Waals surface area contributed by atoms with E-state index < -0.39 is 6.04 Å². The molecule has 2 aromatic carbocycles. The molecule has 40 heavy (non-hydrogen) atoms. The minimum Gasteiger partial charge on any atom is -0.486 e. The summed E-state index contributed by atoms with van der Waals surface area (Å²) in [6.45, 7) is 5.05. The van der Waals surface area contributed by atoms with Gasteiger partial charge in [-0.3, -0.25) is 9.59 Å². The first-order valence-corrected chi connectivity index (χ1v) is 13.5. The van der Waals surface area contributed by atoms with Crippen molar-refractivity contribution in [1.82, 2.24) is 9.80 Å². The van der Waals surface area contributed by atoms with Crippen LogP contribution in [0.25, 0.3) is 0 Å². The second-order valence-corrected chi connectivity index (χ2v) is 10.5. The quantitative estimate of drug-likeness (QED) is 0.244. The van der Waals surface area contributed by atoms with Crippen LogP contribution in [-0.4, -0.2) is 35.2 Å². The van der Waals surface area contributed by atoms with Crippen LogP contribution in [0.1, 0.15) is 65.1 Å². The molecule has 0 unspecified atom stereocenters. The van der Waals surface area contributed by atoms with Gasteiger partial charge in [0.2, 0.25) is 5.91 Å². The summed E-state index contributed by atoms with van der Waals surface area (Å²) in [7, 11) is 1.68. The molecule has 4 aromatic rings. The molecule has 3 heterocycles. The van der Waals surface area contributed by atoms with E-state index in [1.54, 1.807) is 37.6 Å². The highest BCUT2D eigenvalue weighted by Crippen LogP contribution is 2.38. The van der Waals surface area contributed by atoms with Gasteiger partial charge in [0.1, 0.15) is 29.7 Å². The molecule has 0 N–H and O–H groups in total. The summed E-state index contributed by atoms with van der Waals surface area (Å²) in [6, 6.07) is 18.8. The number of ether oxygens (including phenoxy) is 1. The Kier molecular flexibility index (Phi) is 8.05. The Hall–Kier alpha value is -4.33. The maximum Gasteiger partial charge on any atom is 0.289 e. The van der Waals surface area contributed by atoms with Crippen molar-refractivity contribution in [2.24, 2.45) is 5.92 Å². The molecule has 208 valence electrons. The number of furan rings is 2. The van der Waals surface area contributed by atoms with Crippen LogP contribution in [0.15, 0.2) is 81.8 Å². The van der Waals surface area contributed by atoms with Crippen molar-refractivity contribution in [2.45, 2.75) is 45.9 Å². The number of benzene rings is 2. The van der Waals surface area contributed by atoms with Crippen molar-refractivity contribution in [3.8, 4) is 5.75 Å². The molecule has 1 aliphatic rings. The Bertz CT molecular complexity index is 1480. The standard InChI is InChI=1S/C32H33FN2O5/c1-21(2)16-30(36)35-14-13-22-9-10-25(18-28(22)31(35)23-6-4-7-24(33)17-23)39-20-27-11-12-29(40-27)32(37)34(3)19-26-8-5-15-38-26/h4-12,15,17-18,21,31H,13-14,16,19-20H2,1-3H3/t31-/m0/s1. The third kappa shape index (κ3) is 6.11. The number of hydrogen-bond donors (Lipinski definition) is 0. The van der Waals surface area contributed by atoms with Gasteiger partial charge in [-0.25, -0.2) is 4.39 Å². The van der Waals surface area contributed by atoms with Crippen LogP contribution in [0.2, 0.25) is 0 Å². The van der Waals surface area contributed by atoms with Gasteiger partial charge in [-0.15, -0.1) is 0 Å². The highest BCUT2D eigenvalue weighted by atomic mass is 19.1. The van der Waals surface area contributed by atoms with Gasteiger partial charge in [-0.1, -0.05) is 32.0 Å². The van der Waals surface area contributed by atoms with Crippen LogP contribution in [-0.2, 0) is 24.4 Å². The highest BCUT2D eigenvalue weighted by molar-refractivity contribution is 5.91. The second-order valence-electron chi connectivity index (χ2n) is 10.5. The first-order chi connectivity index (χ1) is 19.3. The van der Waals surface area contributed by atoms with Gasteiger partial charge in [0, 0.05) is 20.0 Å². The van der Waals surface area contributed by atoms with Crippen molar-refractivity contribution in [3.05, 3.63) is 113 Å². The second kappa shape index (κ2) is 11.8. The van der Waals surface area contributed by atoms with E-state index in [9.17, 15) is 14.0 Å². The Labute approximate surface area is 233 Å². The van der Waals surface area contributed by atoms with Crippen molar-refractivity contribution < 1.29 is 27.6 Å². The van der Waals surface area contributed by atoms with Crippen molar-refractivity contribution in [3.63, 3.8) is 0 Å². The van der Waals surface area contributed by atoms with Crippen LogP contribution in [0.5, 0.6) is 5.75 Å². The average molecular weight is 545 g/mol. The molecule has 0 spiro atoms. The summed E-state index contributed by atoms with van der Waals surface area (Å²) in [6.07, 6.45) is 2.70. The van der Waals surface area contributed by atoms with E-state index in [4.69, 9.17) is 13.6 Å². The largest absolute Gasteiger partial charge is 0.486 e. The number of amides is 2. The Balaban J connectivity index is 1.33. The molecule has 0 radical (unpaired) electrons. The fraction of sp³-hybridized carbons (Fsp3) is 0.312. The number of carbonyl (C=O) groups is 2. The van der Waals surface area contributed by atoms with Crippen LogP contribution in [0.3, 0.4) is 0 Å². The fourth-order valence-corrected chi connectivity index (χ4v) is 5.08. The number of halogens is 1. The lowest BCUT2D eigenvalue weighted by Gasteiger charge is -2.38. The van der Waals surface area contributed by atoms with Gasteiger partial charge in [-0.2, -0.15) is 0 Å². The van der Waals surface area contributed by atoms with Gasteiger partial charge in [0.05, 0.1) is 18.8 Å². The minimum atomic E-state index is -0.410. The Morgan fingerprint density at radius 3 is 2.67 bits per heavy atom. The Morgan fingerprint density at radius 1 is 1.07 bits per heavy atom. The fourth-order valence-electron chi connectivity index (χ4n) is 5.08. The molecular weight excluding hydrogens is 511 g/mol. The minimum absolute atomic E-state index is 0.0473. The topological polar surface area (TPSA) is 76.1 Å². The maximum atomic E-state index is 14.3. The smallest absolute Gasteiger partial charge is 0.289 e. The zero-order valence-electron chi connectivity index (χ0n) is 22.9. The molecule has 5 rings (SSSR count). The Morgan fingerprint density at radius 2 is 1.93 bits per heavy atom. The van der Waals surface area contributed by atoms with E-state index in [0.29, 0.717) is 43.2 Å². The lowest BCUT2D eigenvalue weighted by atomic mass is 9.87. The van der Waals surface area contributed by atoms with Crippen LogP contribution in [0, 0.1) is 11.7 Å². The van der Waals surface area contributed by atoms with Gasteiger partial charge in [0.25, 0.3) is 5.91 Å². The molecule has 0 aliphatic carbocycles. The predicted molar refractivity (Wildman–Crippen MR) is 147 cm³/mol. The molecule has 2 amide bonds. The van der Waals surface area contributed by atoms with Gasteiger partial charge in [-0.05, 0) is 77.6 Å². The summed E-state index contributed by atoms with van der Waals surface area (Å²) in [4.78, 5) is 29.4. The van der Waals surface area contributed by atoms with Crippen molar-refractivity contribution >= 4 is 11.8 Å². The number of nitrogens with zero attached hydrogens (tertiary/aromatic N) is 2. The molecule has 2 aromatic heterocycles. The number of rotatable bonds is 9. The third-order valence-corrected chi connectivity index (χ3v) is 6.99. The van der Waals surface area contributed by atoms with Crippen LogP contribution in [0.4, 0.5) is 4.39 Å². The molecule has 7 nitrogen and oxygen atoms in total. The third-order valence-electron chi connectivity index (χ3n) is 6.99. The van der Waals surface area contributed by atoms with Crippen molar-refractivity contribution in [2.75, 3.05) is 13.6 Å². The van der Waals surface area contributed by atoms with Crippen molar-refractivity contribution in [1.29, 1.82) is 0 Å². The average Bonchev–Trinajstić information content (AvgIpc) is 3.62. The lowest BCUT2D eigenvalue weighted by Crippen LogP contribution is -2.41. The van der Waals surface area contributed by atoms with E-state index in [-0.39, 0.29) is 35.9 Å². The monoisotopic (exact) mass is 544 g/mol. The van der Waals surface area contributed by atoms with Crippen LogP contribution < -0.4 is 4.74 Å². The zero-order valence-corrected chi connectivity index (χ0v) is 22.9. The summed E-state index contributed by atoms with van der Waals surface area (Å²) < 4.78 is 31.4. The zero-order chi connectivity index (χ0) is 28.2. The number of hydrogen-bond acceptors (Lipinski definition) is 5. The summed E-state index contributed by atoms with van der Waals surface area (Å²) >= 11 is 0. The van der Waals surface area contributed by atoms with Gasteiger partial charge >= 0.3 is 0 Å². The van der Waals surface area contributed by atoms with E-state index in [1.807, 2.05) is 49.1 Å². The molecule has 0 bridgehead atoms. The highest BCUT2D eigenvalue weighted by Gasteiger charge is 2.32. The predicted octanol–water partition coefficient (Wildman–Crippen LogP) is 6.38. The van der Waals surface area contributed by atoms with E-state index in [0.717, 1.165) is 16.7 Å². The maximum absolute atomic E-state index is 14.3. The van der Waals surface area contributed by atoms with Gasteiger partial charge < -0.3 is 23.4 Å². The molecule has 1 aliphatic heterocycles. The van der Waals surface area contributed by atoms with E-state index >= 15 is 0 Å². The first-order valence-electron chi connectivity index (χ1n) is 13.5. The molecule has 1 atom stereocenters. The number of carbonyl (C=O) groups excluding carboxylic acids is 2. The molecule has 8 heteroatoms. The molecule has 0 saturated heterocycles. The van der Waals surface area contributed by atoms with E-state index in [1.165, 1.54) is 17.0 Å². The first kappa shape index (κ1) is 27.2. The summed E-state index contributed by atoms with van der Waals surface area (Å²) in [5.41, 5.74) is 2.74. The van der Waals surface area contributed by atoms with E-state index in [2.05, 4.69) is 0 Å². The lowest BCUT2D eigenvalue weighted by molar-refractivity contribution is -0.134. The SMILES string of the molecule is CC(C)CC(=O)N1CCc2ccc(OCc3ccc(C(=O)N(C)Cc4ccco4)o3)cc2[C@@H]1c1cccc(F)c1. The summed E-state index contributed by atoms with van der Waals surface area (Å²) in [5.74, 6) is 1.65. The molecule has 0 fully saturated rings. The molecule has 0 saturated carbocycles. The number of fused-ring (bicyclic) bond motifs is 1.